The number of hydrogen-bond acceptors (Lipinski definition) is 2. The van der Waals surface area contributed by atoms with E-state index in [2.05, 4.69) is 0 Å². The molecule has 24 heteroatoms. The van der Waals surface area contributed by atoms with Crippen molar-refractivity contribution in [1.29, 1.82) is 0 Å². The van der Waals surface area contributed by atoms with Crippen LogP contribution in [0.3, 0.4) is 0 Å². The first-order valence-corrected chi connectivity index (χ1v) is 20.7. The van der Waals surface area contributed by atoms with E-state index in [1.54, 1.807) is 0 Å². The van der Waals surface area contributed by atoms with Crippen molar-refractivity contribution in [3.05, 3.63) is 207 Å². The van der Waals surface area contributed by atoms with E-state index in [0.29, 0.717) is 12.4 Å². The maximum Gasteiger partial charge on any atom is 0.200 e. The molecule has 0 unspecified atom stereocenters. The van der Waals surface area contributed by atoms with E-state index in [9.17, 15) is 56.9 Å². The largest absolute Gasteiger partial charge is 0.494 e. The quantitative estimate of drug-likeness (QED) is 0.0449. The van der Waals surface area contributed by atoms with E-state index in [0.717, 1.165) is 21.1 Å². The lowest BCUT2D eigenvalue weighted by Gasteiger charge is -2.44. The van der Waals surface area contributed by atoms with Crippen LogP contribution in [0, 0.1) is 116 Å². The minimum Gasteiger partial charge on any atom is -0.494 e. The molecule has 0 N–H and O–H groups in total. The number of rotatable bonds is 10. The molecule has 2 nitrogen and oxygen atoms in total. The minimum atomic E-state index is -7.22. The van der Waals surface area contributed by atoms with Crippen LogP contribution in [-0.4, -0.2) is 12.8 Å². The molecule has 0 aliphatic rings. The normalized spacial score (nSPS) is 11.7. The topological polar surface area (TPSA) is 26.3 Å². The van der Waals surface area contributed by atoms with Crippen molar-refractivity contribution in [2.24, 2.45) is 0 Å². The lowest BCUT2D eigenvalue weighted by atomic mass is 9.12. The van der Waals surface area contributed by atoms with Crippen LogP contribution in [0.2, 0.25) is 0 Å². The van der Waals surface area contributed by atoms with Gasteiger partial charge in [-0.15, -0.1) is 21.9 Å². The summed E-state index contributed by atoms with van der Waals surface area (Å²) < 4.78 is 313. The lowest BCUT2D eigenvalue weighted by Crippen LogP contribution is -2.81. The lowest BCUT2D eigenvalue weighted by molar-refractivity contribution is 0.340. The van der Waals surface area contributed by atoms with E-state index >= 15 is 35.1 Å². The molecule has 0 atom stereocenters. The van der Waals surface area contributed by atoms with Crippen LogP contribution in [0.15, 0.2) is 94.7 Å². The van der Waals surface area contributed by atoms with Gasteiger partial charge < -0.3 is 4.74 Å². The fraction of sp³-hybridized carbons (Fsp3) is 0.0667. The van der Waals surface area contributed by atoms with Crippen LogP contribution in [0.25, 0.3) is 0 Å². The third-order valence-corrected chi connectivity index (χ3v) is 13.4. The van der Waals surface area contributed by atoms with Crippen LogP contribution in [-0.2, 0) is 19.9 Å². The van der Waals surface area contributed by atoms with Gasteiger partial charge in [0.1, 0.15) is 64.2 Å². The van der Waals surface area contributed by atoms with Crippen LogP contribution in [0.1, 0.15) is 12.5 Å². The molecule has 0 heterocycles. The summed E-state index contributed by atoms with van der Waals surface area (Å²) in [6, 6.07) is 27.3. The summed E-state index contributed by atoms with van der Waals surface area (Å²) in [6.07, 6.45) is -7.22. The van der Waals surface area contributed by atoms with Gasteiger partial charge in [-0.25, -0.2) is 87.8 Å². The molecule has 7 rings (SSSR count). The highest BCUT2D eigenvalue weighted by Crippen LogP contribution is 2.34. The van der Waals surface area contributed by atoms with E-state index < -0.39 is 154 Å². The average molecular weight is 1020 g/mol. The molecule has 362 valence electrons. The SMILES string of the molecule is CCOc1ccc(C[S+](=O)(c2ccccc2)c2ccccc2)cc1.Fc1c(F)c(F)c([B-](c2c(F)c(F)c(F)c(F)c2F)(c2c(F)c(F)c(F)c(F)c2F)c2c(F)c(F)c(F)c(F)c2F)c(F)c1F. The first-order valence-electron chi connectivity index (χ1n) is 19.0. The molecule has 0 saturated carbocycles. The fourth-order valence-electron chi connectivity index (χ4n) is 7.54. The standard InChI is InChI=1S/C24BF20.C21H21O2S/c26-5-1(6(27)14(35)21(42)13(5)34)25(2-7(28)15(36)22(43)16(37)8(2)29,3-9(30)17(38)23(44)18(39)10(3)31)4-11(32)19(40)24(45)20(41)12(4)33;1-2-23-19-15-13-18(14-16-19)17-24(22,20-9-5-3-6-10-20)21-11-7-4-8-12-21/h;3-16H,2,17H2,1H3/q-1;+1. The summed E-state index contributed by atoms with van der Waals surface area (Å²) in [5.41, 5.74) is -13.3. The average Bonchev–Trinajstić information content (AvgIpc) is 3.35. The third kappa shape index (κ3) is 8.45. The molecule has 7 aromatic rings. The highest BCUT2D eigenvalue weighted by atomic mass is 32.2. The second kappa shape index (κ2) is 19.6. The summed E-state index contributed by atoms with van der Waals surface area (Å²) >= 11 is 0. The molecule has 0 spiro atoms. The number of halogens is 20. The summed E-state index contributed by atoms with van der Waals surface area (Å²) in [5.74, 6) is -70.1. The number of benzene rings is 7. The van der Waals surface area contributed by atoms with E-state index in [1.165, 1.54) is 0 Å². The molecule has 0 radical (unpaired) electrons. The predicted molar refractivity (Wildman–Crippen MR) is 208 cm³/mol. The van der Waals surface area contributed by atoms with Crippen molar-refractivity contribution < 1.29 is 96.8 Å². The molecule has 0 aliphatic heterocycles. The summed E-state index contributed by atoms with van der Waals surface area (Å²) in [5, 5.41) is 0. The van der Waals surface area contributed by atoms with Gasteiger partial charge in [0.25, 0.3) is 0 Å². The zero-order valence-corrected chi connectivity index (χ0v) is 34.7. The van der Waals surface area contributed by atoms with Gasteiger partial charge in [-0.2, -0.15) is 0 Å². The van der Waals surface area contributed by atoms with Crippen molar-refractivity contribution in [3.63, 3.8) is 0 Å². The van der Waals surface area contributed by atoms with Crippen LogP contribution >= 0.6 is 0 Å². The predicted octanol–water partition coefficient (Wildman–Crippen LogP) is 11.0. The van der Waals surface area contributed by atoms with Crippen LogP contribution in [0.4, 0.5) is 87.8 Å². The monoisotopic (exact) mass is 1020 g/mol. The van der Waals surface area contributed by atoms with Gasteiger partial charge >= 0.3 is 0 Å². The highest BCUT2D eigenvalue weighted by Gasteiger charge is 2.52. The molecule has 0 fully saturated rings. The van der Waals surface area contributed by atoms with Gasteiger partial charge in [0.15, 0.2) is 89.5 Å². The van der Waals surface area contributed by atoms with E-state index in [1.807, 2.05) is 91.9 Å². The Morgan fingerprint density at radius 2 is 0.580 bits per heavy atom. The molecule has 0 amide bonds. The van der Waals surface area contributed by atoms with Crippen molar-refractivity contribution >= 4 is 37.9 Å². The van der Waals surface area contributed by atoms with Gasteiger partial charge in [0.05, 0.1) is 6.61 Å². The zero-order valence-electron chi connectivity index (χ0n) is 33.9. The molecule has 7 aromatic carbocycles. The Labute approximate surface area is 375 Å². The summed E-state index contributed by atoms with van der Waals surface area (Å²) in [4.78, 5) is 1.73. The Bertz CT molecular complexity index is 2750. The van der Waals surface area contributed by atoms with Crippen molar-refractivity contribution in [1.82, 2.24) is 0 Å². The third-order valence-electron chi connectivity index (χ3n) is 10.6. The zero-order chi connectivity index (χ0) is 51.2. The Balaban J connectivity index is 0.000000273. The van der Waals surface area contributed by atoms with Crippen LogP contribution in [0.5, 0.6) is 5.75 Å². The van der Waals surface area contributed by atoms with Crippen molar-refractivity contribution in [2.45, 2.75) is 22.5 Å². The highest BCUT2D eigenvalue weighted by molar-refractivity contribution is 8.02. The Hall–Kier alpha value is -6.85. The van der Waals surface area contributed by atoms with Crippen LogP contribution < -0.4 is 26.6 Å². The van der Waals surface area contributed by atoms with E-state index in [-0.39, 0.29) is 0 Å². The van der Waals surface area contributed by atoms with Gasteiger partial charge in [0.2, 0.25) is 0 Å². The van der Waals surface area contributed by atoms with Crippen molar-refractivity contribution in [2.75, 3.05) is 6.61 Å². The van der Waals surface area contributed by atoms with Gasteiger partial charge in [-0.3, -0.25) is 0 Å². The molecule has 0 aromatic heterocycles. The second-order valence-electron chi connectivity index (χ2n) is 14.3. The summed E-state index contributed by atoms with van der Waals surface area (Å²) in [6.45, 7) is 2.61. The van der Waals surface area contributed by atoms with E-state index in [4.69, 9.17) is 4.74 Å². The molecular weight excluding hydrogens is 995 g/mol. The number of hydrogen-bond donors (Lipinski definition) is 0. The maximum atomic E-state index is 15.4. The minimum absolute atomic E-state index is 0.480. The Morgan fingerprint density at radius 3 is 0.812 bits per heavy atom. The number of ether oxygens (including phenoxy) is 1. The molecule has 0 bridgehead atoms. The van der Waals surface area contributed by atoms with Gasteiger partial charge in [-0.05, 0) is 43.3 Å². The van der Waals surface area contributed by atoms with Gasteiger partial charge in [-0.1, -0.05) is 52.7 Å². The molecule has 0 aliphatic carbocycles. The summed E-state index contributed by atoms with van der Waals surface area (Å²) in [7, 11) is -2.37. The first-order chi connectivity index (χ1) is 32.4. The molecule has 69 heavy (non-hydrogen) atoms. The Kier molecular flexibility index (Phi) is 14.7. The molecular formula is C45H21BF20O2S. The Morgan fingerprint density at radius 1 is 0.348 bits per heavy atom. The maximum absolute atomic E-state index is 15.4. The second-order valence-corrected chi connectivity index (χ2v) is 16.9. The van der Waals surface area contributed by atoms with Crippen molar-refractivity contribution in [3.8, 4) is 5.75 Å². The molecule has 0 saturated heterocycles. The van der Waals surface area contributed by atoms with Gasteiger partial charge in [0, 0.05) is 5.56 Å². The fourth-order valence-corrected chi connectivity index (χ4v) is 10.0. The smallest absolute Gasteiger partial charge is 0.200 e. The first kappa shape index (κ1) is 51.5.